The van der Waals surface area contributed by atoms with E-state index in [2.05, 4.69) is 54.3 Å². The first-order valence-electron chi connectivity index (χ1n) is 13.0. The number of amides is 1. The molecule has 2 aliphatic rings. The van der Waals surface area contributed by atoms with Crippen LogP contribution < -0.4 is 4.74 Å². The van der Waals surface area contributed by atoms with Crippen LogP contribution in [0.2, 0.25) is 0 Å². The highest BCUT2D eigenvalue weighted by molar-refractivity contribution is 6.03. The van der Waals surface area contributed by atoms with Crippen LogP contribution in [0.1, 0.15) is 47.6 Å². The molecular weight excluding hydrogens is 446 g/mol. The number of ether oxygens (including phenoxy) is 1. The van der Waals surface area contributed by atoms with Crippen LogP contribution in [0.5, 0.6) is 5.75 Å². The van der Waals surface area contributed by atoms with Gasteiger partial charge in [0.2, 0.25) is 0 Å². The third kappa shape index (κ3) is 5.52. The van der Waals surface area contributed by atoms with Crippen LogP contribution in [0, 0.1) is 12.8 Å². The number of benzene rings is 3. The highest BCUT2D eigenvalue weighted by atomic mass is 16.5. The molecule has 1 saturated heterocycles. The molecule has 5 nitrogen and oxygen atoms in total. The average Bonchev–Trinajstić information content (AvgIpc) is 3.36. The fourth-order valence-electron chi connectivity index (χ4n) is 5.46. The molecule has 0 unspecified atom stereocenters. The maximum Gasteiger partial charge on any atom is 0.257 e. The first-order valence-corrected chi connectivity index (χ1v) is 13.0. The summed E-state index contributed by atoms with van der Waals surface area (Å²) in [5.41, 5.74) is 5.74. The number of carbonyl (C=O) groups is 1. The van der Waals surface area contributed by atoms with Crippen molar-refractivity contribution in [1.82, 2.24) is 9.91 Å². The lowest BCUT2D eigenvalue weighted by Crippen LogP contribution is -2.42. The van der Waals surface area contributed by atoms with Crippen LogP contribution in [0.3, 0.4) is 0 Å². The number of nitrogens with zero attached hydrogens (tertiary/aromatic N) is 3. The lowest BCUT2D eigenvalue weighted by Gasteiger charge is -2.33. The molecule has 0 spiro atoms. The zero-order chi connectivity index (χ0) is 24.9. The highest BCUT2D eigenvalue weighted by Gasteiger charge is 2.35. The van der Waals surface area contributed by atoms with Gasteiger partial charge in [0.15, 0.2) is 0 Å². The lowest BCUT2D eigenvalue weighted by atomic mass is 9.90. The van der Waals surface area contributed by atoms with Gasteiger partial charge >= 0.3 is 0 Å². The van der Waals surface area contributed by atoms with Gasteiger partial charge in [-0.25, -0.2) is 5.01 Å². The van der Waals surface area contributed by atoms with E-state index in [9.17, 15) is 4.79 Å². The maximum absolute atomic E-state index is 13.6. The van der Waals surface area contributed by atoms with Crippen molar-refractivity contribution in [2.24, 2.45) is 11.0 Å². The Bertz CT molecular complexity index is 1200. The summed E-state index contributed by atoms with van der Waals surface area (Å²) in [6.07, 6.45) is 4.09. The monoisotopic (exact) mass is 481 g/mol. The maximum atomic E-state index is 13.6. The minimum Gasteiger partial charge on any atom is -0.497 e. The van der Waals surface area contributed by atoms with Gasteiger partial charge in [0.25, 0.3) is 5.91 Å². The minimum atomic E-state index is -0.0774. The van der Waals surface area contributed by atoms with Crippen molar-refractivity contribution in [1.29, 1.82) is 0 Å². The molecule has 5 rings (SSSR count). The predicted octanol–water partition coefficient (Wildman–Crippen LogP) is 5.64. The quantitative estimate of drug-likeness (QED) is 0.439. The van der Waals surface area contributed by atoms with E-state index in [0.717, 1.165) is 49.4 Å². The van der Waals surface area contributed by atoms with Gasteiger partial charge in [-0.3, -0.25) is 9.69 Å². The number of piperidine rings is 1. The van der Waals surface area contributed by atoms with Crippen molar-refractivity contribution in [3.63, 3.8) is 0 Å². The second kappa shape index (κ2) is 11.1. The summed E-state index contributed by atoms with van der Waals surface area (Å²) in [6.45, 7) is 4.45. The smallest absolute Gasteiger partial charge is 0.257 e. The number of hydrogen-bond acceptors (Lipinski definition) is 4. The molecule has 0 bridgehead atoms. The first kappa shape index (κ1) is 24.3. The molecule has 3 aromatic rings. The molecular formula is C31H35N3O2. The summed E-state index contributed by atoms with van der Waals surface area (Å²) in [5.74, 6) is 1.58. The van der Waals surface area contributed by atoms with Crippen LogP contribution in [0.15, 0.2) is 84.0 Å². The summed E-state index contributed by atoms with van der Waals surface area (Å²) < 4.78 is 5.31. The lowest BCUT2D eigenvalue weighted by molar-refractivity contribution is -0.134. The number of hydrazone groups is 1. The SMILES string of the molecule is COc1ccc(C2=NN(C(=O)CN3CCC(Cc4ccccc4)CC3)[C@@H](c3ccccc3C)C2)cc1. The molecule has 0 radical (unpaired) electrons. The van der Waals surface area contributed by atoms with Gasteiger partial charge < -0.3 is 4.74 Å². The van der Waals surface area contributed by atoms with Gasteiger partial charge in [-0.15, -0.1) is 0 Å². The topological polar surface area (TPSA) is 45.1 Å². The summed E-state index contributed by atoms with van der Waals surface area (Å²) in [5, 5.41) is 6.63. The second-order valence-corrected chi connectivity index (χ2v) is 10.00. The Kier molecular flexibility index (Phi) is 7.47. The van der Waals surface area contributed by atoms with Gasteiger partial charge in [0.05, 0.1) is 25.4 Å². The number of methoxy groups -OCH3 is 1. The molecule has 186 valence electrons. The summed E-state index contributed by atoms with van der Waals surface area (Å²) >= 11 is 0. The largest absolute Gasteiger partial charge is 0.497 e. The normalized spacial score (nSPS) is 18.8. The van der Waals surface area contributed by atoms with Gasteiger partial charge in [-0.05, 0) is 91.7 Å². The number of likely N-dealkylation sites (tertiary alicyclic amines) is 1. The summed E-state index contributed by atoms with van der Waals surface area (Å²) in [7, 11) is 1.67. The Morgan fingerprint density at radius 2 is 1.64 bits per heavy atom. The van der Waals surface area contributed by atoms with E-state index < -0.39 is 0 Å². The van der Waals surface area contributed by atoms with Crippen molar-refractivity contribution in [3.05, 3.63) is 101 Å². The molecule has 0 aliphatic carbocycles. The van der Waals surface area contributed by atoms with Crippen molar-refractivity contribution >= 4 is 11.6 Å². The van der Waals surface area contributed by atoms with Crippen LogP contribution >= 0.6 is 0 Å². The standard InChI is InChI=1S/C31H35N3O2/c1-23-8-6-7-11-28(23)30-21-29(26-12-14-27(36-2)15-13-26)32-34(30)31(35)22-33-18-16-25(17-19-33)20-24-9-4-3-5-10-24/h3-15,25,30H,16-22H2,1-2H3/t30-/m1/s1. The van der Waals surface area contributed by atoms with Crippen LogP contribution in [0.25, 0.3) is 0 Å². The molecule has 0 saturated carbocycles. The number of carbonyl (C=O) groups excluding carboxylic acids is 1. The van der Waals surface area contributed by atoms with Crippen molar-refractivity contribution in [2.45, 2.75) is 38.6 Å². The summed E-state index contributed by atoms with van der Waals surface area (Å²) in [4.78, 5) is 15.9. The zero-order valence-corrected chi connectivity index (χ0v) is 21.3. The molecule has 1 amide bonds. The third-order valence-corrected chi connectivity index (χ3v) is 7.57. The number of hydrogen-bond donors (Lipinski definition) is 0. The van der Waals surface area contributed by atoms with E-state index in [1.807, 2.05) is 36.4 Å². The summed E-state index contributed by atoms with van der Waals surface area (Å²) in [6, 6.07) is 26.9. The Morgan fingerprint density at radius 1 is 0.944 bits per heavy atom. The molecule has 5 heteroatoms. The van der Waals surface area contributed by atoms with Gasteiger partial charge in [0, 0.05) is 6.42 Å². The minimum absolute atomic E-state index is 0.0771. The molecule has 2 heterocycles. The van der Waals surface area contributed by atoms with E-state index in [1.165, 1.54) is 16.7 Å². The molecule has 1 atom stereocenters. The number of rotatable bonds is 7. The van der Waals surface area contributed by atoms with Crippen molar-refractivity contribution in [2.75, 3.05) is 26.7 Å². The Balaban J connectivity index is 1.28. The molecule has 1 fully saturated rings. The fourth-order valence-corrected chi connectivity index (χ4v) is 5.46. The van der Waals surface area contributed by atoms with Crippen LogP contribution in [-0.2, 0) is 11.2 Å². The van der Waals surface area contributed by atoms with Gasteiger partial charge in [-0.1, -0.05) is 54.6 Å². The Hall–Kier alpha value is -3.44. The van der Waals surface area contributed by atoms with E-state index in [1.54, 1.807) is 12.1 Å². The first-order chi connectivity index (χ1) is 17.6. The molecule has 3 aromatic carbocycles. The van der Waals surface area contributed by atoms with Crippen molar-refractivity contribution < 1.29 is 9.53 Å². The van der Waals surface area contributed by atoms with E-state index >= 15 is 0 Å². The van der Waals surface area contributed by atoms with E-state index in [-0.39, 0.29) is 11.9 Å². The fraction of sp³-hybridized carbons (Fsp3) is 0.355. The zero-order valence-electron chi connectivity index (χ0n) is 21.3. The third-order valence-electron chi connectivity index (χ3n) is 7.57. The second-order valence-electron chi connectivity index (χ2n) is 10.00. The average molecular weight is 482 g/mol. The molecule has 2 aliphatic heterocycles. The van der Waals surface area contributed by atoms with Crippen molar-refractivity contribution in [3.8, 4) is 5.75 Å². The molecule has 36 heavy (non-hydrogen) atoms. The van der Waals surface area contributed by atoms with Crippen LogP contribution in [0.4, 0.5) is 0 Å². The molecule has 0 aromatic heterocycles. The van der Waals surface area contributed by atoms with E-state index in [4.69, 9.17) is 9.84 Å². The molecule has 0 N–H and O–H groups in total. The van der Waals surface area contributed by atoms with Gasteiger partial charge in [0.1, 0.15) is 5.75 Å². The van der Waals surface area contributed by atoms with Crippen LogP contribution in [-0.4, -0.2) is 48.3 Å². The Morgan fingerprint density at radius 3 is 2.33 bits per heavy atom. The predicted molar refractivity (Wildman–Crippen MR) is 144 cm³/mol. The van der Waals surface area contributed by atoms with E-state index in [0.29, 0.717) is 18.9 Å². The Labute approximate surface area is 214 Å². The van der Waals surface area contributed by atoms with Gasteiger partial charge in [-0.2, -0.15) is 5.10 Å². The highest BCUT2D eigenvalue weighted by Crippen LogP contribution is 2.35. The number of aryl methyl sites for hydroxylation is 1.